The molecule has 1 aliphatic carbocycles. The lowest BCUT2D eigenvalue weighted by Gasteiger charge is -2.31. The van der Waals surface area contributed by atoms with Gasteiger partial charge in [-0.3, -0.25) is 14.4 Å². The quantitative estimate of drug-likeness (QED) is 0.287. The number of nitrogen functional groups attached to an aromatic ring is 1. The Balaban J connectivity index is 1.62. The molecular weight excluding hydrogens is 480 g/mol. The molecule has 5 rings (SSSR count). The third kappa shape index (κ3) is 4.44. The smallest absolute Gasteiger partial charge is 0.270 e. The number of H-pyrrole nitrogens is 1. The lowest BCUT2D eigenvalue weighted by Crippen LogP contribution is -2.45. The molecule has 10 nitrogen and oxygen atoms in total. The van der Waals surface area contributed by atoms with E-state index in [0.29, 0.717) is 11.3 Å². The minimum Gasteiger partial charge on any atom is -0.467 e. The largest absolute Gasteiger partial charge is 0.467 e. The molecule has 0 spiro atoms. The number of carbonyl (C=O) groups is 3. The standard InChI is InChI=1S/C25H26N6O4S/c26-19-20(23(27)32)30-36-22(19)25(34)31(13-15-8-5-11-35-15)21(24(33)29-14-6-1-2-7-14)17-12-28-18-10-4-3-9-16(17)18/h3-5,8-12,14,21,28H,1-2,6-7,13,26H2,(H2,27,32)(H,29,33)/t21-/m0/s1. The Hall–Kier alpha value is -4.12. The molecule has 1 aliphatic rings. The number of nitrogens with one attached hydrogen (secondary N) is 2. The van der Waals surface area contributed by atoms with E-state index < -0.39 is 17.9 Å². The molecule has 1 fully saturated rings. The van der Waals surface area contributed by atoms with Gasteiger partial charge in [0.2, 0.25) is 5.91 Å². The summed E-state index contributed by atoms with van der Waals surface area (Å²) in [5, 5.41) is 3.96. The number of para-hydroxylation sites is 1. The van der Waals surface area contributed by atoms with Gasteiger partial charge in [0.05, 0.1) is 18.5 Å². The number of furan rings is 1. The second-order valence-electron chi connectivity index (χ2n) is 8.83. The Labute approximate surface area is 210 Å². The van der Waals surface area contributed by atoms with Crippen LogP contribution in [0.5, 0.6) is 0 Å². The van der Waals surface area contributed by atoms with Gasteiger partial charge >= 0.3 is 0 Å². The number of nitrogens with two attached hydrogens (primary N) is 2. The van der Waals surface area contributed by atoms with Crippen LogP contribution in [0.25, 0.3) is 10.9 Å². The van der Waals surface area contributed by atoms with Crippen molar-refractivity contribution in [2.24, 2.45) is 5.73 Å². The predicted octanol–water partition coefficient (Wildman–Crippen LogP) is 3.34. The SMILES string of the molecule is NC(=O)c1nsc(C(=O)N(Cc2ccco2)[C@H](C(=O)NC2CCCC2)c2c[nH]c3ccccc23)c1N. The van der Waals surface area contributed by atoms with E-state index in [4.69, 9.17) is 15.9 Å². The molecule has 0 saturated heterocycles. The van der Waals surface area contributed by atoms with Gasteiger partial charge in [-0.25, -0.2) is 0 Å². The third-order valence-electron chi connectivity index (χ3n) is 6.50. The van der Waals surface area contributed by atoms with Crippen LogP contribution in [0, 0.1) is 0 Å². The first kappa shape index (κ1) is 23.6. The van der Waals surface area contributed by atoms with Crippen molar-refractivity contribution in [1.29, 1.82) is 0 Å². The van der Waals surface area contributed by atoms with Crippen LogP contribution < -0.4 is 16.8 Å². The van der Waals surface area contributed by atoms with Gasteiger partial charge in [0, 0.05) is 28.7 Å². The van der Waals surface area contributed by atoms with Crippen molar-refractivity contribution in [2.75, 3.05) is 5.73 Å². The van der Waals surface area contributed by atoms with E-state index in [0.717, 1.165) is 48.1 Å². The second-order valence-corrected chi connectivity index (χ2v) is 9.61. The maximum atomic E-state index is 14.0. The second kappa shape index (κ2) is 9.86. The lowest BCUT2D eigenvalue weighted by molar-refractivity contribution is -0.126. The number of aromatic amines is 1. The monoisotopic (exact) mass is 506 g/mol. The van der Waals surface area contributed by atoms with Crippen LogP contribution in [0.1, 0.15) is 63.2 Å². The summed E-state index contributed by atoms with van der Waals surface area (Å²) in [5.41, 5.74) is 12.7. The zero-order chi connectivity index (χ0) is 25.2. The average Bonchev–Trinajstić information content (AvgIpc) is 3.66. The van der Waals surface area contributed by atoms with Crippen molar-refractivity contribution in [1.82, 2.24) is 19.6 Å². The fourth-order valence-corrected chi connectivity index (χ4v) is 5.49. The van der Waals surface area contributed by atoms with Crippen LogP contribution in [0.3, 0.4) is 0 Å². The van der Waals surface area contributed by atoms with Crippen molar-refractivity contribution in [3.8, 4) is 0 Å². The summed E-state index contributed by atoms with van der Waals surface area (Å²) in [6, 6.07) is 10.1. The molecule has 36 heavy (non-hydrogen) atoms. The summed E-state index contributed by atoms with van der Waals surface area (Å²) in [5.74, 6) is -1.19. The van der Waals surface area contributed by atoms with Crippen LogP contribution in [0.2, 0.25) is 0 Å². The number of hydrogen-bond donors (Lipinski definition) is 4. The van der Waals surface area contributed by atoms with E-state index in [1.165, 1.54) is 11.2 Å². The Kier molecular flexibility index (Phi) is 6.47. The van der Waals surface area contributed by atoms with Crippen LogP contribution in [0.4, 0.5) is 5.69 Å². The van der Waals surface area contributed by atoms with E-state index in [9.17, 15) is 14.4 Å². The van der Waals surface area contributed by atoms with Gasteiger partial charge in [-0.15, -0.1) is 0 Å². The van der Waals surface area contributed by atoms with Gasteiger partial charge in [0.15, 0.2) is 5.69 Å². The molecule has 11 heteroatoms. The number of nitrogens with zero attached hydrogens (tertiary/aromatic N) is 2. The number of fused-ring (bicyclic) bond motifs is 1. The molecule has 1 aromatic carbocycles. The highest BCUT2D eigenvalue weighted by Gasteiger charge is 2.37. The van der Waals surface area contributed by atoms with Gasteiger partial charge in [-0.1, -0.05) is 31.0 Å². The number of aromatic nitrogens is 2. The topological polar surface area (TPSA) is 160 Å². The van der Waals surface area contributed by atoms with Crippen molar-refractivity contribution >= 4 is 45.8 Å². The third-order valence-corrected chi connectivity index (χ3v) is 7.35. The zero-order valence-electron chi connectivity index (χ0n) is 19.4. The summed E-state index contributed by atoms with van der Waals surface area (Å²) in [7, 11) is 0. The first-order valence-electron chi connectivity index (χ1n) is 11.7. The molecule has 0 unspecified atom stereocenters. The highest BCUT2D eigenvalue weighted by Crippen LogP contribution is 2.34. The Bertz CT molecular complexity index is 1400. The summed E-state index contributed by atoms with van der Waals surface area (Å²) in [6.45, 7) is -0.00264. The summed E-state index contributed by atoms with van der Waals surface area (Å²) < 4.78 is 9.52. The number of rotatable bonds is 8. The lowest BCUT2D eigenvalue weighted by atomic mass is 10.0. The molecular formula is C25H26N6O4S. The van der Waals surface area contributed by atoms with Gasteiger partial charge < -0.3 is 31.1 Å². The van der Waals surface area contributed by atoms with Gasteiger partial charge in [0.25, 0.3) is 11.8 Å². The van der Waals surface area contributed by atoms with Crippen LogP contribution in [-0.2, 0) is 11.3 Å². The first-order valence-corrected chi connectivity index (χ1v) is 12.5. The normalized spacial score (nSPS) is 14.7. The number of amides is 3. The first-order chi connectivity index (χ1) is 17.4. The minimum absolute atomic E-state index is 0.00264. The maximum absolute atomic E-state index is 14.0. The predicted molar refractivity (Wildman–Crippen MR) is 135 cm³/mol. The van der Waals surface area contributed by atoms with E-state index in [-0.39, 0.29) is 34.8 Å². The number of benzene rings is 1. The summed E-state index contributed by atoms with van der Waals surface area (Å²) >= 11 is 0.779. The fraction of sp³-hybridized carbons (Fsp3) is 0.280. The molecule has 0 aliphatic heterocycles. The highest BCUT2D eigenvalue weighted by molar-refractivity contribution is 7.09. The Morgan fingerprint density at radius 2 is 1.97 bits per heavy atom. The molecule has 3 heterocycles. The van der Waals surface area contributed by atoms with Crippen LogP contribution >= 0.6 is 11.5 Å². The molecule has 3 amide bonds. The molecule has 6 N–H and O–H groups in total. The van der Waals surface area contributed by atoms with E-state index >= 15 is 0 Å². The van der Waals surface area contributed by atoms with E-state index in [1.807, 2.05) is 24.3 Å². The summed E-state index contributed by atoms with van der Waals surface area (Å²) in [4.78, 5) is 44.2. The van der Waals surface area contributed by atoms with E-state index in [1.54, 1.807) is 18.3 Å². The van der Waals surface area contributed by atoms with Crippen LogP contribution in [0.15, 0.2) is 53.3 Å². The van der Waals surface area contributed by atoms with Gasteiger partial charge in [0.1, 0.15) is 16.7 Å². The number of anilines is 1. The molecule has 1 atom stereocenters. The number of hydrogen-bond acceptors (Lipinski definition) is 7. The fourth-order valence-electron chi connectivity index (χ4n) is 4.73. The highest BCUT2D eigenvalue weighted by atomic mass is 32.1. The molecule has 3 aromatic heterocycles. The number of carbonyl (C=O) groups excluding carboxylic acids is 3. The van der Waals surface area contributed by atoms with Crippen LogP contribution in [-0.4, -0.2) is 38.0 Å². The maximum Gasteiger partial charge on any atom is 0.270 e. The number of primary amides is 1. The average molecular weight is 507 g/mol. The van der Waals surface area contributed by atoms with Crippen molar-refractivity contribution in [3.63, 3.8) is 0 Å². The molecule has 0 radical (unpaired) electrons. The van der Waals surface area contributed by atoms with E-state index in [2.05, 4.69) is 14.7 Å². The van der Waals surface area contributed by atoms with Crippen molar-refractivity contribution < 1.29 is 18.8 Å². The minimum atomic E-state index is -1.00. The molecule has 186 valence electrons. The molecule has 0 bridgehead atoms. The van der Waals surface area contributed by atoms with Gasteiger partial charge in [-0.2, -0.15) is 4.37 Å². The molecule has 1 saturated carbocycles. The Morgan fingerprint density at radius 1 is 1.19 bits per heavy atom. The van der Waals surface area contributed by atoms with Crippen molar-refractivity contribution in [2.45, 2.75) is 44.3 Å². The van der Waals surface area contributed by atoms with Crippen molar-refractivity contribution in [3.05, 3.63) is 70.8 Å². The van der Waals surface area contributed by atoms with Gasteiger partial charge in [-0.05, 0) is 42.6 Å². The molecule has 4 aromatic rings. The Morgan fingerprint density at radius 3 is 2.67 bits per heavy atom. The summed E-state index contributed by atoms with van der Waals surface area (Å²) in [6.07, 6.45) is 7.13. The zero-order valence-corrected chi connectivity index (χ0v) is 20.2.